The molecule has 0 saturated carbocycles. The average molecular weight is 209 g/mol. The lowest BCUT2D eigenvalue weighted by molar-refractivity contribution is -0.126. The number of nitrogens with zero attached hydrogens (tertiary/aromatic N) is 1. The molecule has 3 rings (SSSR count). The highest BCUT2D eigenvalue weighted by molar-refractivity contribution is 5.81. The normalized spacial score (nSPS) is 46.3. The van der Waals surface area contributed by atoms with Gasteiger partial charge in [-0.05, 0) is 19.3 Å². The van der Waals surface area contributed by atoms with Gasteiger partial charge in [0.1, 0.15) is 5.78 Å². The van der Waals surface area contributed by atoms with E-state index in [4.69, 9.17) is 4.74 Å². The third-order valence-corrected chi connectivity index (χ3v) is 4.25. The second-order valence-electron chi connectivity index (χ2n) is 5.29. The molecule has 0 amide bonds. The highest BCUT2D eigenvalue weighted by Gasteiger charge is 2.44. The third-order valence-electron chi connectivity index (χ3n) is 4.25. The van der Waals surface area contributed by atoms with Gasteiger partial charge in [-0.25, -0.2) is 0 Å². The van der Waals surface area contributed by atoms with Crippen molar-refractivity contribution in [3.63, 3.8) is 0 Å². The van der Waals surface area contributed by atoms with Crippen molar-refractivity contribution in [3.8, 4) is 0 Å². The minimum absolute atomic E-state index is 0.234. The first-order valence-corrected chi connectivity index (χ1v) is 6.16. The van der Waals surface area contributed by atoms with E-state index in [9.17, 15) is 4.79 Å². The van der Waals surface area contributed by atoms with Crippen molar-refractivity contribution in [2.45, 2.75) is 50.9 Å². The lowest BCUT2D eigenvalue weighted by Gasteiger charge is -2.37. The standard InChI is InChI=1S/C12H19NO2/c1-8-7-13(5-4-11(8)14)10-6-9-2-3-12(10)15-9/h8-10,12H,2-7H2,1H3. The SMILES string of the molecule is CC1CN(C2CC3CCC2O3)CCC1=O. The fourth-order valence-electron chi connectivity index (χ4n) is 3.34. The number of fused-ring (bicyclic) bond motifs is 2. The summed E-state index contributed by atoms with van der Waals surface area (Å²) < 4.78 is 5.87. The number of piperidine rings is 1. The van der Waals surface area contributed by atoms with E-state index < -0.39 is 0 Å². The molecule has 84 valence electrons. The number of hydrogen-bond donors (Lipinski definition) is 0. The van der Waals surface area contributed by atoms with Gasteiger partial charge in [0.25, 0.3) is 0 Å². The first kappa shape index (κ1) is 9.79. The van der Waals surface area contributed by atoms with Gasteiger partial charge in [-0.2, -0.15) is 0 Å². The summed E-state index contributed by atoms with van der Waals surface area (Å²) >= 11 is 0. The molecule has 3 fully saturated rings. The zero-order chi connectivity index (χ0) is 10.4. The van der Waals surface area contributed by atoms with Crippen molar-refractivity contribution in [2.75, 3.05) is 13.1 Å². The summed E-state index contributed by atoms with van der Waals surface area (Å²) in [5.41, 5.74) is 0. The maximum absolute atomic E-state index is 11.5. The Kier molecular flexibility index (Phi) is 2.33. The molecule has 0 radical (unpaired) electrons. The molecule has 0 aromatic carbocycles. The van der Waals surface area contributed by atoms with Gasteiger partial charge in [0.15, 0.2) is 0 Å². The van der Waals surface area contributed by atoms with Crippen molar-refractivity contribution in [3.05, 3.63) is 0 Å². The summed E-state index contributed by atoms with van der Waals surface area (Å²) in [7, 11) is 0. The molecule has 2 bridgehead atoms. The summed E-state index contributed by atoms with van der Waals surface area (Å²) in [5.74, 6) is 0.674. The molecule has 4 atom stereocenters. The van der Waals surface area contributed by atoms with E-state index in [2.05, 4.69) is 11.8 Å². The minimum Gasteiger partial charge on any atom is -0.373 e. The predicted molar refractivity (Wildman–Crippen MR) is 56.7 cm³/mol. The number of ketones is 1. The topological polar surface area (TPSA) is 29.5 Å². The molecule has 0 aromatic rings. The molecule has 3 nitrogen and oxygen atoms in total. The number of carbonyl (C=O) groups is 1. The Morgan fingerprint density at radius 1 is 1.40 bits per heavy atom. The molecular weight excluding hydrogens is 190 g/mol. The van der Waals surface area contributed by atoms with Crippen molar-refractivity contribution in [2.24, 2.45) is 5.92 Å². The van der Waals surface area contributed by atoms with E-state index in [1.807, 2.05) is 0 Å². The maximum atomic E-state index is 11.5. The fraction of sp³-hybridized carbons (Fsp3) is 0.917. The highest BCUT2D eigenvalue weighted by atomic mass is 16.5. The Labute approximate surface area is 90.8 Å². The van der Waals surface area contributed by atoms with Gasteiger partial charge in [-0.15, -0.1) is 0 Å². The van der Waals surface area contributed by atoms with Crippen LogP contribution in [0.25, 0.3) is 0 Å². The lowest BCUT2D eigenvalue weighted by atomic mass is 9.90. The summed E-state index contributed by atoms with van der Waals surface area (Å²) in [6.45, 7) is 3.97. The quantitative estimate of drug-likeness (QED) is 0.650. The molecule has 3 heterocycles. The Hall–Kier alpha value is -0.410. The van der Waals surface area contributed by atoms with Gasteiger partial charge in [0, 0.05) is 31.5 Å². The van der Waals surface area contributed by atoms with Crippen LogP contribution >= 0.6 is 0 Å². The van der Waals surface area contributed by atoms with E-state index >= 15 is 0 Å². The van der Waals surface area contributed by atoms with Crippen LogP contribution in [0.15, 0.2) is 0 Å². The van der Waals surface area contributed by atoms with Gasteiger partial charge in [-0.1, -0.05) is 6.92 Å². The number of Topliss-reactive ketones (excluding diaryl/α,β-unsaturated/α-hetero) is 1. The monoisotopic (exact) mass is 209 g/mol. The first-order valence-electron chi connectivity index (χ1n) is 6.16. The Bertz CT molecular complexity index is 279. The van der Waals surface area contributed by atoms with Gasteiger partial charge in [-0.3, -0.25) is 9.69 Å². The van der Waals surface area contributed by atoms with E-state index in [0.29, 0.717) is 24.0 Å². The summed E-state index contributed by atoms with van der Waals surface area (Å²) in [4.78, 5) is 14.0. The average Bonchev–Trinajstić information content (AvgIpc) is 2.83. The molecular formula is C12H19NO2. The molecule has 3 saturated heterocycles. The van der Waals surface area contributed by atoms with Crippen molar-refractivity contribution in [1.82, 2.24) is 4.90 Å². The van der Waals surface area contributed by atoms with E-state index in [-0.39, 0.29) is 5.92 Å². The molecule has 0 N–H and O–H groups in total. The van der Waals surface area contributed by atoms with Crippen molar-refractivity contribution >= 4 is 5.78 Å². The number of carbonyl (C=O) groups excluding carboxylic acids is 1. The molecule has 0 aliphatic carbocycles. The van der Waals surface area contributed by atoms with Crippen LogP contribution in [-0.4, -0.2) is 42.0 Å². The van der Waals surface area contributed by atoms with Crippen LogP contribution in [0, 0.1) is 5.92 Å². The smallest absolute Gasteiger partial charge is 0.138 e. The van der Waals surface area contributed by atoms with Crippen LogP contribution in [0.1, 0.15) is 32.6 Å². The van der Waals surface area contributed by atoms with Crippen molar-refractivity contribution < 1.29 is 9.53 Å². The van der Waals surface area contributed by atoms with Gasteiger partial charge in [0.05, 0.1) is 12.2 Å². The van der Waals surface area contributed by atoms with Crippen LogP contribution < -0.4 is 0 Å². The lowest BCUT2D eigenvalue weighted by Crippen LogP contribution is -2.49. The van der Waals surface area contributed by atoms with Gasteiger partial charge in [0.2, 0.25) is 0 Å². The maximum Gasteiger partial charge on any atom is 0.138 e. The third kappa shape index (κ3) is 1.62. The number of ether oxygens (including phenoxy) is 1. The Balaban J connectivity index is 1.66. The molecule has 15 heavy (non-hydrogen) atoms. The second kappa shape index (κ2) is 3.56. The molecule has 4 unspecified atom stereocenters. The minimum atomic E-state index is 0.234. The summed E-state index contributed by atoms with van der Waals surface area (Å²) in [6.07, 6.45) is 5.42. The van der Waals surface area contributed by atoms with E-state index in [1.54, 1.807) is 0 Å². The van der Waals surface area contributed by atoms with Gasteiger partial charge < -0.3 is 4.74 Å². The highest BCUT2D eigenvalue weighted by Crippen LogP contribution is 2.38. The number of hydrogen-bond acceptors (Lipinski definition) is 3. The molecule has 3 heteroatoms. The number of rotatable bonds is 1. The fourth-order valence-corrected chi connectivity index (χ4v) is 3.34. The molecule has 0 aromatic heterocycles. The van der Waals surface area contributed by atoms with Gasteiger partial charge >= 0.3 is 0 Å². The first-order chi connectivity index (χ1) is 7.24. The Morgan fingerprint density at radius 3 is 2.87 bits per heavy atom. The zero-order valence-electron chi connectivity index (χ0n) is 9.32. The molecule has 3 aliphatic heterocycles. The Morgan fingerprint density at radius 2 is 2.27 bits per heavy atom. The second-order valence-corrected chi connectivity index (χ2v) is 5.29. The largest absolute Gasteiger partial charge is 0.373 e. The number of likely N-dealkylation sites (tertiary alicyclic amines) is 1. The summed E-state index contributed by atoms with van der Waals surface area (Å²) in [6, 6.07) is 0.610. The molecule has 3 aliphatic rings. The summed E-state index contributed by atoms with van der Waals surface area (Å²) in [5, 5.41) is 0. The van der Waals surface area contributed by atoms with Crippen LogP contribution in [-0.2, 0) is 9.53 Å². The van der Waals surface area contributed by atoms with Crippen LogP contribution in [0.2, 0.25) is 0 Å². The predicted octanol–water partition coefficient (Wildman–Crippen LogP) is 1.22. The van der Waals surface area contributed by atoms with Crippen LogP contribution in [0.4, 0.5) is 0 Å². The van der Waals surface area contributed by atoms with E-state index in [0.717, 1.165) is 19.5 Å². The van der Waals surface area contributed by atoms with E-state index in [1.165, 1.54) is 19.3 Å². The van der Waals surface area contributed by atoms with Crippen molar-refractivity contribution in [1.29, 1.82) is 0 Å². The van der Waals surface area contributed by atoms with Crippen LogP contribution in [0.5, 0.6) is 0 Å². The zero-order valence-corrected chi connectivity index (χ0v) is 9.32. The van der Waals surface area contributed by atoms with Crippen LogP contribution in [0.3, 0.4) is 0 Å². The molecule has 0 spiro atoms.